The van der Waals surface area contributed by atoms with E-state index in [0.29, 0.717) is 17.0 Å². The van der Waals surface area contributed by atoms with Gasteiger partial charge in [0, 0.05) is 16.1 Å². The van der Waals surface area contributed by atoms with Crippen LogP contribution < -0.4 is 4.72 Å². The van der Waals surface area contributed by atoms with Crippen LogP contribution in [0.2, 0.25) is 5.02 Å². The van der Waals surface area contributed by atoms with Crippen LogP contribution in [0.1, 0.15) is 43.9 Å². The monoisotopic (exact) mass is 464 g/mol. The Labute approximate surface area is 179 Å². The molecule has 5 nitrogen and oxygen atoms in total. The fraction of sp³-hybridized carbons (Fsp3) is 0.350. The molecule has 0 aliphatic rings. The van der Waals surface area contributed by atoms with Gasteiger partial charge in [0.1, 0.15) is 6.61 Å². The van der Waals surface area contributed by atoms with Crippen LogP contribution in [0.5, 0.6) is 0 Å². The second-order valence-corrected chi connectivity index (χ2v) is 7.94. The van der Waals surface area contributed by atoms with Crippen LogP contribution in [-0.2, 0) is 21.5 Å². The second kappa shape index (κ2) is 11.2. The van der Waals surface area contributed by atoms with Crippen molar-refractivity contribution in [1.82, 2.24) is 0 Å². The van der Waals surface area contributed by atoms with Gasteiger partial charge in [0.05, 0.1) is 11.4 Å². The number of anilines is 1. The Morgan fingerprint density at radius 1 is 1.17 bits per heavy atom. The number of alkyl halides is 3. The van der Waals surface area contributed by atoms with Gasteiger partial charge in [-0.3, -0.25) is 4.72 Å². The molecule has 0 saturated carbocycles. The number of sulfonamides is 1. The minimum Gasteiger partial charge on any atom is -0.391 e. The molecule has 10 heteroatoms. The lowest BCUT2D eigenvalue weighted by molar-refractivity contribution is -0.0429. The van der Waals surface area contributed by atoms with E-state index in [0.717, 1.165) is 5.56 Å². The fourth-order valence-corrected chi connectivity index (χ4v) is 3.06. The van der Waals surface area contributed by atoms with Crippen LogP contribution in [0, 0.1) is 6.92 Å². The molecular weight excluding hydrogens is 441 g/mol. The van der Waals surface area contributed by atoms with Crippen molar-refractivity contribution in [1.29, 1.82) is 0 Å². The number of nitrogens with zero attached hydrogens (tertiary/aromatic N) is 1. The fourth-order valence-electron chi connectivity index (χ4n) is 2.29. The van der Waals surface area contributed by atoms with Gasteiger partial charge in [-0.25, -0.2) is 0 Å². The molecule has 0 amide bonds. The normalized spacial score (nSPS) is 12.1. The van der Waals surface area contributed by atoms with Crippen molar-refractivity contribution < 1.29 is 26.4 Å². The summed E-state index contributed by atoms with van der Waals surface area (Å²) in [4.78, 5) is 5.30. The van der Waals surface area contributed by atoms with Gasteiger partial charge in [0.15, 0.2) is 0 Å². The van der Waals surface area contributed by atoms with Crippen molar-refractivity contribution >= 4 is 33.0 Å². The molecule has 1 N–H and O–H groups in total. The van der Waals surface area contributed by atoms with Crippen molar-refractivity contribution in [2.75, 3.05) is 4.72 Å². The van der Waals surface area contributed by atoms with Crippen LogP contribution in [0.15, 0.2) is 47.6 Å². The minimum absolute atomic E-state index is 0.0542. The molecule has 166 valence electrons. The maximum atomic E-state index is 12.7. The number of halogens is 4. The second-order valence-electron chi connectivity index (χ2n) is 5.86. The lowest BCUT2D eigenvalue weighted by Gasteiger charge is -2.15. The third-order valence-electron chi connectivity index (χ3n) is 3.72. The van der Waals surface area contributed by atoms with Gasteiger partial charge in [-0.15, -0.1) is 0 Å². The van der Waals surface area contributed by atoms with Gasteiger partial charge < -0.3 is 4.84 Å². The molecule has 0 unspecified atom stereocenters. The Bertz CT molecular complexity index is 978. The van der Waals surface area contributed by atoms with Crippen LogP contribution >= 0.6 is 11.6 Å². The average molecular weight is 465 g/mol. The zero-order chi connectivity index (χ0) is 22.9. The standard InChI is InChI=1S/C18H18ClF3N2O3S.C2H6/c1-3-16(23-27-11-13-6-4-5-7-15(13)19)14-10-12(2)8-9-17(14)24-28(25,26)18(20,21)22;1-2/h4-10,24H,3,11H2,1-2H3;1-2H3/b23-16+;. The summed E-state index contributed by atoms with van der Waals surface area (Å²) in [6, 6.07) is 11.3. The maximum absolute atomic E-state index is 12.7. The molecule has 0 fully saturated rings. The first-order valence-corrected chi connectivity index (χ1v) is 11.0. The molecular formula is C20H24ClF3N2O3S. The highest BCUT2D eigenvalue weighted by molar-refractivity contribution is 7.93. The number of oxime groups is 1. The SMILES string of the molecule is CC.CC/C(=N\OCc1ccccc1Cl)c1cc(C)ccc1NS(=O)(=O)C(F)(F)F. The predicted octanol–water partition coefficient (Wildman–Crippen LogP) is 6.27. The quantitative estimate of drug-likeness (QED) is 0.388. The van der Waals surface area contributed by atoms with E-state index in [1.807, 2.05) is 13.8 Å². The molecule has 30 heavy (non-hydrogen) atoms. The van der Waals surface area contributed by atoms with Crippen molar-refractivity contribution in [2.45, 2.75) is 46.2 Å². The molecule has 0 heterocycles. The summed E-state index contributed by atoms with van der Waals surface area (Å²) in [6.07, 6.45) is 0.298. The van der Waals surface area contributed by atoms with Crippen LogP contribution in [0.25, 0.3) is 0 Å². The summed E-state index contributed by atoms with van der Waals surface area (Å²) in [5.74, 6) is 0. The Morgan fingerprint density at radius 3 is 2.37 bits per heavy atom. The van der Waals surface area contributed by atoms with E-state index in [-0.39, 0.29) is 23.6 Å². The van der Waals surface area contributed by atoms with Crippen LogP contribution in [-0.4, -0.2) is 19.6 Å². The third kappa shape index (κ3) is 6.91. The highest BCUT2D eigenvalue weighted by Crippen LogP contribution is 2.28. The van der Waals surface area contributed by atoms with Gasteiger partial charge in [-0.2, -0.15) is 21.6 Å². The number of hydrogen-bond donors (Lipinski definition) is 1. The highest BCUT2D eigenvalue weighted by Gasteiger charge is 2.46. The summed E-state index contributed by atoms with van der Waals surface area (Å²) < 4.78 is 62.7. The van der Waals surface area contributed by atoms with E-state index >= 15 is 0 Å². The number of benzene rings is 2. The molecule has 0 aromatic heterocycles. The largest absolute Gasteiger partial charge is 0.516 e. The first kappa shape index (κ1) is 25.8. The minimum atomic E-state index is -5.56. The molecule has 0 aliphatic carbocycles. The lowest BCUT2D eigenvalue weighted by atomic mass is 10.0. The molecule has 2 aromatic rings. The van der Waals surface area contributed by atoms with Crippen molar-refractivity contribution in [2.24, 2.45) is 5.16 Å². The number of nitrogens with one attached hydrogen (secondary N) is 1. The Kier molecular flexibility index (Phi) is 9.64. The van der Waals surface area contributed by atoms with E-state index in [1.54, 1.807) is 42.8 Å². The Morgan fingerprint density at radius 2 is 1.80 bits per heavy atom. The zero-order valence-corrected chi connectivity index (χ0v) is 18.6. The molecule has 0 saturated heterocycles. The van der Waals surface area contributed by atoms with Gasteiger partial charge in [-0.05, 0) is 31.5 Å². The summed E-state index contributed by atoms with van der Waals surface area (Å²) in [6.45, 7) is 7.50. The molecule has 0 bridgehead atoms. The third-order valence-corrected chi connectivity index (χ3v) is 5.19. The van der Waals surface area contributed by atoms with E-state index in [2.05, 4.69) is 5.16 Å². The number of aryl methyl sites for hydroxylation is 1. The molecule has 0 spiro atoms. The van der Waals surface area contributed by atoms with E-state index in [1.165, 1.54) is 18.2 Å². The van der Waals surface area contributed by atoms with Crippen molar-refractivity contribution in [3.63, 3.8) is 0 Å². The summed E-state index contributed by atoms with van der Waals surface area (Å²) in [7, 11) is -5.56. The van der Waals surface area contributed by atoms with Gasteiger partial charge in [-0.1, -0.05) is 67.4 Å². The number of hydrogen-bond acceptors (Lipinski definition) is 4. The van der Waals surface area contributed by atoms with Crippen molar-refractivity contribution in [3.8, 4) is 0 Å². The van der Waals surface area contributed by atoms with E-state index in [9.17, 15) is 21.6 Å². The Balaban J connectivity index is 0.00000218. The highest BCUT2D eigenvalue weighted by atomic mass is 35.5. The van der Waals surface area contributed by atoms with Gasteiger partial charge in [0.2, 0.25) is 0 Å². The molecule has 2 aromatic carbocycles. The smallest absolute Gasteiger partial charge is 0.391 e. The first-order chi connectivity index (χ1) is 14.0. The van der Waals surface area contributed by atoms with E-state index in [4.69, 9.17) is 16.4 Å². The molecule has 2 rings (SSSR count). The maximum Gasteiger partial charge on any atom is 0.516 e. The first-order valence-electron chi connectivity index (χ1n) is 9.17. The summed E-state index contributed by atoms with van der Waals surface area (Å²) in [5.41, 5.74) is -3.77. The number of rotatable bonds is 7. The summed E-state index contributed by atoms with van der Waals surface area (Å²) >= 11 is 6.04. The van der Waals surface area contributed by atoms with Gasteiger partial charge in [0.25, 0.3) is 0 Å². The topological polar surface area (TPSA) is 67.8 Å². The lowest BCUT2D eigenvalue weighted by Crippen LogP contribution is -2.30. The van der Waals surface area contributed by atoms with E-state index < -0.39 is 15.5 Å². The summed E-state index contributed by atoms with van der Waals surface area (Å²) in [5, 5.41) is 4.48. The van der Waals surface area contributed by atoms with Crippen LogP contribution in [0.3, 0.4) is 0 Å². The van der Waals surface area contributed by atoms with Gasteiger partial charge >= 0.3 is 15.5 Å². The average Bonchev–Trinajstić information content (AvgIpc) is 2.69. The molecule has 0 radical (unpaired) electrons. The van der Waals surface area contributed by atoms with Crippen molar-refractivity contribution in [3.05, 3.63) is 64.2 Å². The molecule has 0 aliphatic heterocycles. The zero-order valence-electron chi connectivity index (χ0n) is 17.0. The Hall–Kier alpha value is -2.26. The van der Waals surface area contributed by atoms with Crippen LogP contribution in [0.4, 0.5) is 18.9 Å². The predicted molar refractivity (Wildman–Crippen MR) is 114 cm³/mol. The molecule has 0 atom stereocenters.